The maximum Gasteiger partial charge on any atom is 0.272 e. The van der Waals surface area contributed by atoms with Crippen LogP contribution >= 0.6 is 23.4 Å². The minimum absolute atomic E-state index is 0.322. The van der Waals surface area contributed by atoms with Crippen LogP contribution in [0.1, 0.15) is 11.1 Å². The number of rotatable bonds is 4. The summed E-state index contributed by atoms with van der Waals surface area (Å²) < 4.78 is 0. The highest BCUT2D eigenvalue weighted by Crippen LogP contribution is 2.41. The lowest BCUT2D eigenvalue weighted by Crippen LogP contribution is -2.31. The third kappa shape index (κ3) is 3.49. The number of benzene rings is 3. The Balaban J connectivity index is 1.81. The van der Waals surface area contributed by atoms with Crippen molar-refractivity contribution in [2.45, 2.75) is 11.8 Å². The van der Waals surface area contributed by atoms with Gasteiger partial charge in [-0.2, -0.15) is 0 Å². The van der Waals surface area contributed by atoms with Gasteiger partial charge in [-0.1, -0.05) is 71.4 Å². The summed E-state index contributed by atoms with van der Waals surface area (Å²) in [7, 11) is 0. The average molecular weight is 406 g/mol. The molecule has 3 nitrogen and oxygen atoms in total. The van der Waals surface area contributed by atoms with Gasteiger partial charge in [-0.05, 0) is 48.9 Å². The molecule has 28 heavy (non-hydrogen) atoms. The van der Waals surface area contributed by atoms with Crippen LogP contribution in [0.3, 0.4) is 0 Å². The summed E-state index contributed by atoms with van der Waals surface area (Å²) in [5, 5.41) is 0.549. The molecule has 138 valence electrons. The molecular formula is C23H16ClNO2S. The van der Waals surface area contributed by atoms with Gasteiger partial charge in [0.05, 0.1) is 16.2 Å². The van der Waals surface area contributed by atoms with Crippen molar-refractivity contribution in [3.05, 3.63) is 99.9 Å². The predicted molar refractivity (Wildman–Crippen MR) is 114 cm³/mol. The smallest absolute Gasteiger partial charge is 0.268 e. The number of thioether (sulfide) groups is 1. The first-order valence-electron chi connectivity index (χ1n) is 8.73. The van der Waals surface area contributed by atoms with E-state index in [9.17, 15) is 9.59 Å². The van der Waals surface area contributed by atoms with Crippen LogP contribution in [0, 0.1) is 6.92 Å². The summed E-state index contributed by atoms with van der Waals surface area (Å²) in [5.74, 6) is -0.647. The fourth-order valence-electron chi connectivity index (χ4n) is 3.01. The van der Waals surface area contributed by atoms with Crippen LogP contribution in [0.5, 0.6) is 0 Å². The second-order valence-electron chi connectivity index (χ2n) is 6.41. The van der Waals surface area contributed by atoms with Gasteiger partial charge in [0, 0.05) is 9.92 Å². The van der Waals surface area contributed by atoms with Crippen LogP contribution in [0.25, 0.3) is 5.57 Å². The molecule has 0 saturated carbocycles. The van der Waals surface area contributed by atoms with Crippen LogP contribution in [0.15, 0.2) is 88.7 Å². The molecule has 1 heterocycles. The van der Waals surface area contributed by atoms with E-state index in [2.05, 4.69) is 0 Å². The molecule has 1 aliphatic rings. The van der Waals surface area contributed by atoms with E-state index >= 15 is 0 Å². The molecule has 2 amide bonds. The number of amides is 2. The highest BCUT2D eigenvalue weighted by Gasteiger charge is 2.40. The Kier molecular flexibility index (Phi) is 5.07. The minimum atomic E-state index is -0.324. The molecule has 0 N–H and O–H groups in total. The lowest BCUT2D eigenvalue weighted by molar-refractivity contribution is -0.119. The molecule has 3 aromatic rings. The molecule has 0 bridgehead atoms. The van der Waals surface area contributed by atoms with Gasteiger partial charge in [0.1, 0.15) is 0 Å². The first kappa shape index (κ1) is 18.5. The van der Waals surface area contributed by atoms with Gasteiger partial charge in [-0.25, -0.2) is 4.90 Å². The van der Waals surface area contributed by atoms with Gasteiger partial charge >= 0.3 is 0 Å². The maximum absolute atomic E-state index is 13.3. The lowest BCUT2D eigenvalue weighted by atomic mass is 10.0. The number of imide groups is 1. The number of aryl methyl sites for hydroxylation is 1. The van der Waals surface area contributed by atoms with E-state index < -0.39 is 0 Å². The number of halogens is 1. The van der Waals surface area contributed by atoms with Gasteiger partial charge in [-0.3, -0.25) is 9.59 Å². The zero-order valence-corrected chi connectivity index (χ0v) is 16.6. The van der Waals surface area contributed by atoms with E-state index in [0.29, 0.717) is 21.2 Å². The summed E-state index contributed by atoms with van der Waals surface area (Å²) in [5.41, 5.74) is 2.76. The van der Waals surface area contributed by atoms with Crippen LogP contribution in [0.2, 0.25) is 5.02 Å². The van der Waals surface area contributed by atoms with Crippen molar-refractivity contribution in [2.75, 3.05) is 4.90 Å². The van der Waals surface area contributed by atoms with Crippen molar-refractivity contribution >= 4 is 46.4 Å². The van der Waals surface area contributed by atoms with Crippen molar-refractivity contribution in [3.8, 4) is 0 Å². The number of nitrogens with zero attached hydrogens (tertiary/aromatic N) is 1. The lowest BCUT2D eigenvalue weighted by Gasteiger charge is -2.15. The molecule has 0 aliphatic carbocycles. The number of hydrogen-bond donors (Lipinski definition) is 0. The van der Waals surface area contributed by atoms with Crippen molar-refractivity contribution in [1.82, 2.24) is 0 Å². The van der Waals surface area contributed by atoms with Crippen molar-refractivity contribution in [3.63, 3.8) is 0 Å². The molecule has 0 atom stereocenters. The monoisotopic (exact) mass is 405 g/mol. The largest absolute Gasteiger partial charge is 0.272 e. The second-order valence-corrected chi connectivity index (χ2v) is 7.93. The Morgan fingerprint density at radius 3 is 2.07 bits per heavy atom. The number of anilines is 1. The number of hydrogen-bond acceptors (Lipinski definition) is 3. The van der Waals surface area contributed by atoms with Gasteiger partial charge in [0.15, 0.2) is 0 Å². The number of carbonyl (C=O) groups excluding carboxylic acids is 2. The molecule has 1 aliphatic heterocycles. The summed E-state index contributed by atoms with van der Waals surface area (Å²) in [6.07, 6.45) is 0. The molecule has 0 fully saturated rings. The Bertz CT molecular complexity index is 1070. The molecule has 0 unspecified atom stereocenters. The van der Waals surface area contributed by atoms with Crippen molar-refractivity contribution in [1.29, 1.82) is 0 Å². The predicted octanol–water partition coefficient (Wildman–Crippen LogP) is 5.73. The van der Waals surface area contributed by atoms with Gasteiger partial charge in [0.25, 0.3) is 11.8 Å². The van der Waals surface area contributed by atoms with E-state index in [-0.39, 0.29) is 11.8 Å². The van der Waals surface area contributed by atoms with E-state index in [1.807, 2.05) is 61.5 Å². The molecule has 0 radical (unpaired) electrons. The van der Waals surface area contributed by atoms with Crippen LogP contribution in [0.4, 0.5) is 5.69 Å². The molecule has 4 rings (SSSR count). The van der Waals surface area contributed by atoms with Crippen LogP contribution in [-0.4, -0.2) is 11.8 Å². The van der Waals surface area contributed by atoms with E-state index in [4.69, 9.17) is 11.6 Å². The summed E-state index contributed by atoms with van der Waals surface area (Å²) in [4.78, 5) is 29.1. The highest BCUT2D eigenvalue weighted by atomic mass is 35.5. The summed E-state index contributed by atoms with van der Waals surface area (Å²) in [6, 6.07) is 23.9. The second kappa shape index (κ2) is 7.66. The third-order valence-electron chi connectivity index (χ3n) is 4.43. The van der Waals surface area contributed by atoms with Gasteiger partial charge < -0.3 is 0 Å². The Morgan fingerprint density at radius 1 is 0.786 bits per heavy atom. The normalized spacial score (nSPS) is 14.1. The SMILES string of the molecule is Cc1ccc(C2=C(Sc3ccccc3)C(=O)N(c3ccc(Cl)cc3)C2=O)cc1. The van der Waals surface area contributed by atoms with Crippen molar-refractivity contribution in [2.24, 2.45) is 0 Å². The summed E-state index contributed by atoms with van der Waals surface area (Å²) in [6.45, 7) is 1.99. The van der Waals surface area contributed by atoms with E-state index in [1.165, 1.54) is 16.7 Å². The first-order valence-corrected chi connectivity index (χ1v) is 9.92. The zero-order chi connectivity index (χ0) is 19.7. The topological polar surface area (TPSA) is 37.4 Å². The molecule has 0 saturated heterocycles. The van der Waals surface area contributed by atoms with E-state index in [1.54, 1.807) is 24.3 Å². The molecular weight excluding hydrogens is 390 g/mol. The Hall–Kier alpha value is -2.82. The summed E-state index contributed by atoms with van der Waals surface area (Å²) >= 11 is 7.28. The molecule has 5 heteroatoms. The highest BCUT2D eigenvalue weighted by molar-refractivity contribution is 8.04. The molecule has 3 aromatic carbocycles. The quantitative estimate of drug-likeness (QED) is 0.520. The van der Waals surface area contributed by atoms with Crippen LogP contribution < -0.4 is 4.90 Å². The number of carbonyl (C=O) groups is 2. The maximum atomic E-state index is 13.3. The van der Waals surface area contributed by atoms with Gasteiger partial charge in [0.2, 0.25) is 0 Å². The third-order valence-corrected chi connectivity index (χ3v) is 5.77. The fourth-order valence-corrected chi connectivity index (χ4v) is 4.15. The minimum Gasteiger partial charge on any atom is -0.268 e. The average Bonchev–Trinajstić information content (AvgIpc) is 2.94. The fraction of sp³-hybridized carbons (Fsp3) is 0.0435. The van der Waals surface area contributed by atoms with Crippen LogP contribution in [-0.2, 0) is 9.59 Å². The zero-order valence-electron chi connectivity index (χ0n) is 15.1. The van der Waals surface area contributed by atoms with Gasteiger partial charge in [-0.15, -0.1) is 0 Å². The first-order chi connectivity index (χ1) is 13.5. The molecule has 0 aromatic heterocycles. The Morgan fingerprint density at radius 2 is 1.43 bits per heavy atom. The van der Waals surface area contributed by atoms with E-state index in [0.717, 1.165) is 16.0 Å². The standard InChI is InChI=1S/C23H16ClNO2S/c1-15-7-9-16(10-8-15)20-21(28-19-5-3-2-4-6-19)23(27)25(22(20)26)18-13-11-17(24)12-14-18/h2-14H,1H3. The van der Waals surface area contributed by atoms with Crippen molar-refractivity contribution < 1.29 is 9.59 Å². The molecule has 0 spiro atoms. The Labute approximate surface area is 172 Å².